The summed E-state index contributed by atoms with van der Waals surface area (Å²) in [5, 5.41) is 4.73. The maximum absolute atomic E-state index is 6.62. The predicted molar refractivity (Wildman–Crippen MR) is 217 cm³/mol. The van der Waals surface area contributed by atoms with Gasteiger partial charge in [0.05, 0.1) is 44.5 Å². The van der Waals surface area contributed by atoms with Gasteiger partial charge in [0.15, 0.2) is 0 Å². The summed E-state index contributed by atoms with van der Waals surface area (Å²) in [5.74, 6) is 2.35. The summed E-state index contributed by atoms with van der Waals surface area (Å²) in [6.45, 7) is 0. The first-order valence-corrected chi connectivity index (χ1v) is 18.1. The van der Waals surface area contributed by atoms with E-state index in [1.165, 1.54) is 21.7 Å². The Balaban J connectivity index is 1.04. The van der Waals surface area contributed by atoms with Crippen molar-refractivity contribution in [3.63, 3.8) is 0 Å². The van der Waals surface area contributed by atoms with Crippen LogP contribution in [0, 0.1) is 6.33 Å². The summed E-state index contributed by atoms with van der Waals surface area (Å²) in [6, 6.07) is 63.2. The Labute approximate surface area is 310 Å². The second-order valence-corrected chi connectivity index (χ2v) is 13.4. The van der Waals surface area contributed by atoms with Gasteiger partial charge in [0, 0.05) is 39.5 Å². The fourth-order valence-corrected chi connectivity index (χ4v) is 8.03. The topological polar surface area (TPSA) is 40.8 Å². The number of hydrogen-bond acceptors (Lipinski definition) is 2. The molecular formula is C48H31N5O. The Hall–Kier alpha value is -7.44. The Morgan fingerprint density at radius 2 is 1.11 bits per heavy atom. The van der Waals surface area contributed by atoms with Crippen LogP contribution in [0.4, 0.5) is 0 Å². The number of pyridine rings is 1. The number of imidazole rings is 1. The molecular weight excluding hydrogens is 663 g/mol. The highest BCUT2D eigenvalue weighted by Crippen LogP contribution is 2.37. The summed E-state index contributed by atoms with van der Waals surface area (Å²) in [5.41, 5.74) is 9.63. The van der Waals surface area contributed by atoms with Gasteiger partial charge in [-0.2, -0.15) is 0 Å². The van der Waals surface area contributed by atoms with Gasteiger partial charge in [-0.3, -0.25) is 13.7 Å². The van der Waals surface area contributed by atoms with Gasteiger partial charge >= 0.3 is 0 Å². The maximum Gasteiger partial charge on any atom is 0.269 e. The third-order valence-electron chi connectivity index (χ3n) is 10.3. The molecule has 0 aliphatic heterocycles. The number of fused-ring (bicyclic) bond motifs is 7. The molecule has 0 aliphatic carbocycles. The van der Waals surface area contributed by atoms with Crippen LogP contribution < -0.4 is 9.30 Å². The van der Waals surface area contributed by atoms with E-state index in [0.717, 1.165) is 67.3 Å². The fraction of sp³-hybridized carbons (Fsp3) is 0. The smallest absolute Gasteiger partial charge is 0.269 e. The van der Waals surface area contributed by atoms with Crippen LogP contribution in [0.25, 0.3) is 77.5 Å². The molecule has 4 aromatic heterocycles. The van der Waals surface area contributed by atoms with E-state index in [2.05, 4.69) is 175 Å². The van der Waals surface area contributed by atoms with E-state index < -0.39 is 0 Å². The number of hydrogen-bond donors (Lipinski definition) is 0. The van der Waals surface area contributed by atoms with Crippen LogP contribution in [0.1, 0.15) is 0 Å². The molecule has 0 atom stereocenters. The van der Waals surface area contributed by atoms with E-state index in [1.54, 1.807) is 0 Å². The van der Waals surface area contributed by atoms with Gasteiger partial charge in [0.2, 0.25) is 0 Å². The van der Waals surface area contributed by atoms with Gasteiger partial charge in [-0.05, 0) is 72.8 Å². The Bertz CT molecular complexity index is 3190. The van der Waals surface area contributed by atoms with Crippen molar-refractivity contribution in [1.82, 2.24) is 18.7 Å². The zero-order valence-corrected chi connectivity index (χ0v) is 29.0. The molecule has 11 rings (SSSR count). The molecule has 4 heterocycles. The van der Waals surface area contributed by atoms with Crippen LogP contribution in [0.15, 0.2) is 188 Å². The lowest BCUT2D eigenvalue weighted by molar-refractivity contribution is -0.571. The predicted octanol–water partition coefficient (Wildman–Crippen LogP) is 11.1. The SMILES string of the molecule is [c-]1n(-c2cccc(Oc3ccc4c5ccccc5n(-c5ccccn5)c4c3)c2)c2ccccc2[n+]1-c1cccc2c3ccccc3n(-c3ccccc3)c12. The van der Waals surface area contributed by atoms with Crippen LogP contribution in [0.5, 0.6) is 11.5 Å². The van der Waals surface area contributed by atoms with E-state index in [1.807, 2.05) is 42.6 Å². The van der Waals surface area contributed by atoms with Crippen LogP contribution in [0.3, 0.4) is 0 Å². The standard InChI is InChI=1S/C48H31N5O/c1-2-14-33(15-3-1)52-41-21-6-5-19-38(41)40-20-13-25-45(48(40)52)51-32-50(43-23-8-9-24-44(43)51)34-16-12-17-35(30-34)54-36-27-28-39-37-18-4-7-22-42(37)53(46(39)31-36)47-26-10-11-29-49-47/h1-31H. The molecule has 0 saturated heterocycles. The average molecular weight is 694 g/mol. The molecule has 6 nitrogen and oxygen atoms in total. The van der Waals surface area contributed by atoms with E-state index in [4.69, 9.17) is 4.74 Å². The number of para-hydroxylation sites is 6. The third-order valence-corrected chi connectivity index (χ3v) is 10.3. The molecule has 0 amide bonds. The number of ether oxygens (including phenoxy) is 1. The zero-order valence-electron chi connectivity index (χ0n) is 29.0. The van der Waals surface area contributed by atoms with Crippen molar-refractivity contribution >= 4 is 54.6 Å². The van der Waals surface area contributed by atoms with Crippen molar-refractivity contribution in [3.8, 4) is 34.4 Å². The molecule has 7 aromatic carbocycles. The van der Waals surface area contributed by atoms with Crippen LogP contribution in [-0.4, -0.2) is 18.7 Å². The zero-order chi connectivity index (χ0) is 35.6. The first-order chi connectivity index (χ1) is 26.8. The molecule has 11 aromatic rings. The monoisotopic (exact) mass is 693 g/mol. The highest BCUT2D eigenvalue weighted by atomic mass is 16.5. The van der Waals surface area contributed by atoms with Gasteiger partial charge in [-0.25, -0.2) is 4.98 Å². The third kappa shape index (κ3) is 4.67. The fourth-order valence-electron chi connectivity index (χ4n) is 8.03. The number of benzene rings is 7. The van der Waals surface area contributed by atoms with Gasteiger partial charge in [-0.15, -0.1) is 0 Å². The maximum atomic E-state index is 6.62. The lowest BCUT2D eigenvalue weighted by atomic mass is 10.1. The van der Waals surface area contributed by atoms with Crippen molar-refractivity contribution in [2.75, 3.05) is 0 Å². The van der Waals surface area contributed by atoms with Crippen LogP contribution in [-0.2, 0) is 0 Å². The van der Waals surface area contributed by atoms with Gasteiger partial charge in [0.25, 0.3) is 6.33 Å². The molecule has 0 radical (unpaired) electrons. The summed E-state index contributed by atoms with van der Waals surface area (Å²) in [7, 11) is 0. The minimum atomic E-state index is 0.733. The summed E-state index contributed by atoms with van der Waals surface area (Å²) in [6.07, 6.45) is 5.58. The van der Waals surface area contributed by atoms with Crippen molar-refractivity contribution in [1.29, 1.82) is 0 Å². The molecule has 0 saturated carbocycles. The molecule has 254 valence electrons. The first kappa shape index (κ1) is 30.2. The number of nitrogens with zero attached hydrogens (tertiary/aromatic N) is 5. The van der Waals surface area contributed by atoms with Crippen LogP contribution >= 0.6 is 0 Å². The Morgan fingerprint density at radius 1 is 0.463 bits per heavy atom. The highest BCUT2D eigenvalue weighted by Gasteiger charge is 2.20. The van der Waals surface area contributed by atoms with Crippen molar-refractivity contribution in [3.05, 3.63) is 195 Å². The quantitative estimate of drug-likeness (QED) is 0.128. The second kappa shape index (κ2) is 12.1. The first-order valence-electron chi connectivity index (χ1n) is 18.1. The van der Waals surface area contributed by atoms with Crippen molar-refractivity contribution in [2.24, 2.45) is 0 Å². The van der Waals surface area contributed by atoms with Crippen LogP contribution in [0.2, 0.25) is 0 Å². The molecule has 0 aliphatic rings. The molecule has 0 bridgehead atoms. The average Bonchev–Trinajstić information content (AvgIpc) is 3.90. The highest BCUT2D eigenvalue weighted by molar-refractivity contribution is 6.11. The van der Waals surface area contributed by atoms with E-state index >= 15 is 0 Å². The van der Waals surface area contributed by atoms with Crippen molar-refractivity contribution in [2.45, 2.75) is 0 Å². The van der Waals surface area contributed by atoms with E-state index in [-0.39, 0.29) is 0 Å². The summed E-state index contributed by atoms with van der Waals surface area (Å²) < 4.78 is 15.5. The van der Waals surface area contributed by atoms with Crippen molar-refractivity contribution < 1.29 is 9.30 Å². The molecule has 54 heavy (non-hydrogen) atoms. The number of aromatic nitrogens is 5. The summed E-state index contributed by atoms with van der Waals surface area (Å²) >= 11 is 0. The van der Waals surface area contributed by atoms with E-state index in [9.17, 15) is 0 Å². The largest absolute Gasteiger partial charge is 0.458 e. The molecule has 6 heteroatoms. The minimum Gasteiger partial charge on any atom is -0.458 e. The molecule has 0 unspecified atom stereocenters. The molecule has 0 N–H and O–H groups in total. The molecule has 0 fully saturated rings. The van der Waals surface area contributed by atoms with Gasteiger partial charge in [-0.1, -0.05) is 103 Å². The number of rotatable bonds is 6. The Kier molecular flexibility index (Phi) is 6.75. The van der Waals surface area contributed by atoms with E-state index in [0.29, 0.717) is 0 Å². The summed E-state index contributed by atoms with van der Waals surface area (Å²) in [4.78, 5) is 4.69. The van der Waals surface area contributed by atoms with Gasteiger partial charge in [0.1, 0.15) is 17.3 Å². The van der Waals surface area contributed by atoms with Gasteiger partial charge < -0.3 is 9.30 Å². The Morgan fingerprint density at radius 3 is 1.94 bits per heavy atom. The lowest BCUT2D eigenvalue weighted by Crippen LogP contribution is -2.30. The molecule has 0 spiro atoms. The lowest BCUT2D eigenvalue weighted by Gasteiger charge is -2.12. The normalized spacial score (nSPS) is 11.7. The minimum absolute atomic E-state index is 0.733. The second-order valence-electron chi connectivity index (χ2n) is 13.4.